The fraction of sp³-hybridized carbons (Fsp3) is 0.500. The molecule has 0 bridgehead atoms. The minimum absolute atomic E-state index is 0.0297. The van der Waals surface area contributed by atoms with Crippen molar-refractivity contribution in [2.75, 3.05) is 20.3 Å². The molecule has 2 rings (SSSR count). The molecule has 0 aromatic carbocycles. The zero-order valence-electron chi connectivity index (χ0n) is 11.4. The number of carbonyl (C=O) groups is 1. The Bertz CT molecular complexity index is 541. The number of ether oxygens (including phenoxy) is 1. The van der Waals surface area contributed by atoms with Gasteiger partial charge in [-0.05, 0) is 19.4 Å². The average molecular weight is 295 g/mol. The molecule has 0 aliphatic carbocycles. The molecule has 108 valence electrons. The van der Waals surface area contributed by atoms with Gasteiger partial charge in [0.15, 0.2) is 0 Å². The van der Waals surface area contributed by atoms with E-state index in [-0.39, 0.29) is 11.2 Å². The molecular weight excluding hydrogens is 278 g/mol. The molecule has 2 aromatic rings. The lowest BCUT2D eigenvalue weighted by Crippen LogP contribution is -2.32. The van der Waals surface area contributed by atoms with Gasteiger partial charge in [0, 0.05) is 32.7 Å². The number of amides is 1. The number of nitrogens with one attached hydrogen (secondary N) is 1. The van der Waals surface area contributed by atoms with E-state index in [9.17, 15) is 4.79 Å². The first-order valence-electron chi connectivity index (χ1n) is 6.31. The van der Waals surface area contributed by atoms with Crippen LogP contribution in [0.4, 0.5) is 0 Å². The highest BCUT2D eigenvalue weighted by molar-refractivity contribution is 8.00. The van der Waals surface area contributed by atoms with Gasteiger partial charge < -0.3 is 10.1 Å². The Balaban J connectivity index is 1.86. The van der Waals surface area contributed by atoms with Crippen molar-refractivity contribution in [2.45, 2.75) is 23.8 Å². The second-order valence-corrected chi connectivity index (χ2v) is 5.46. The summed E-state index contributed by atoms with van der Waals surface area (Å²) in [6.07, 6.45) is 4.23. The Hall–Kier alpha value is -1.67. The summed E-state index contributed by atoms with van der Waals surface area (Å²) in [6.45, 7) is 3.08. The van der Waals surface area contributed by atoms with E-state index in [0.29, 0.717) is 24.1 Å². The van der Waals surface area contributed by atoms with Gasteiger partial charge in [-0.25, -0.2) is 9.50 Å². The average Bonchev–Trinajstić information content (AvgIpc) is 2.85. The van der Waals surface area contributed by atoms with Crippen molar-refractivity contribution in [3.8, 4) is 0 Å². The molecular formula is C12H17N5O2S. The van der Waals surface area contributed by atoms with E-state index >= 15 is 0 Å². The molecule has 0 aliphatic heterocycles. The van der Waals surface area contributed by atoms with Gasteiger partial charge >= 0.3 is 0 Å². The van der Waals surface area contributed by atoms with Crippen LogP contribution in [0.25, 0.3) is 5.78 Å². The SMILES string of the molecule is COCCCNC(=O)C(C)Sc1nc2ncccn2n1. The number of hydrogen-bond donors (Lipinski definition) is 1. The van der Waals surface area contributed by atoms with Crippen LogP contribution in [0.3, 0.4) is 0 Å². The summed E-state index contributed by atoms with van der Waals surface area (Å²) in [5.74, 6) is 0.501. The molecule has 1 unspecified atom stereocenters. The Morgan fingerprint density at radius 3 is 3.20 bits per heavy atom. The number of hydrogen-bond acceptors (Lipinski definition) is 6. The zero-order chi connectivity index (χ0) is 14.4. The summed E-state index contributed by atoms with van der Waals surface area (Å²) in [4.78, 5) is 20.2. The highest BCUT2D eigenvalue weighted by Crippen LogP contribution is 2.19. The van der Waals surface area contributed by atoms with Crippen LogP contribution in [0, 0.1) is 0 Å². The van der Waals surface area contributed by atoms with Crippen molar-refractivity contribution in [1.29, 1.82) is 0 Å². The molecule has 0 fully saturated rings. The van der Waals surface area contributed by atoms with Crippen LogP contribution in [0.1, 0.15) is 13.3 Å². The number of carbonyl (C=O) groups excluding carboxylic acids is 1. The number of thioether (sulfide) groups is 1. The Morgan fingerprint density at radius 2 is 2.45 bits per heavy atom. The third-order valence-corrected chi connectivity index (χ3v) is 3.52. The highest BCUT2D eigenvalue weighted by Gasteiger charge is 2.16. The fourth-order valence-corrected chi connectivity index (χ4v) is 2.32. The van der Waals surface area contributed by atoms with Crippen molar-refractivity contribution in [2.24, 2.45) is 0 Å². The molecule has 8 heteroatoms. The van der Waals surface area contributed by atoms with E-state index in [0.717, 1.165) is 6.42 Å². The number of aromatic nitrogens is 4. The number of nitrogens with zero attached hydrogens (tertiary/aromatic N) is 4. The summed E-state index contributed by atoms with van der Waals surface area (Å²) in [5, 5.41) is 7.39. The first kappa shape index (κ1) is 14.7. The normalized spacial score (nSPS) is 12.5. The van der Waals surface area contributed by atoms with E-state index in [4.69, 9.17) is 4.74 Å². The highest BCUT2D eigenvalue weighted by atomic mass is 32.2. The van der Waals surface area contributed by atoms with Crippen LogP contribution >= 0.6 is 11.8 Å². The summed E-state index contributed by atoms with van der Waals surface area (Å²) in [7, 11) is 1.64. The predicted octanol–water partition coefficient (Wildman–Crippen LogP) is 0.758. The summed E-state index contributed by atoms with van der Waals surface area (Å²) >= 11 is 1.31. The third-order valence-electron chi connectivity index (χ3n) is 2.57. The molecule has 2 heterocycles. The van der Waals surface area contributed by atoms with E-state index in [2.05, 4.69) is 20.4 Å². The van der Waals surface area contributed by atoms with Gasteiger partial charge in [-0.3, -0.25) is 4.79 Å². The zero-order valence-corrected chi connectivity index (χ0v) is 12.3. The van der Waals surface area contributed by atoms with E-state index in [1.54, 1.807) is 30.1 Å². The largest absolute Gasteiger partial charge is 0.385 e. The topological polar surface area (TPSA) is 81.4 Å². The van der Waals surface area contributed by atoms with Gasteiger partial charge in [0.25, 0.3) is 5.78 Å². The summed E-state index contributed by atoms with van der Waals surface area (Å²) in [5.41, 5.74) is 0. The maximum Gasteiger partial charge on any atom is 0.253 e. The lowest BCUT2D eigenvalue weighted by molar-refractivity contribution is -0.120. The van der Waals surface area contributed by atoms with Crippen molar-refractivity contribution in [3.63, 3.8) is 0 Å². The van der Waals surface area contributed by atoms with Gasteiger partial charge in [-0.15, -0.1) is 5.10 Å². The maximum atomic E-state index is 11.9. The third kappa shape index (κ3) is 3.91. The first-order chi connectivity index (χ1) is 9.70. The monoisotopic (exact) mass is 295 g/mol. The smallest absolute Gasteiger partial charge is 0.253 e. The Labute approximate surface area is 121 Å². The van der Waals surface area contributed by atoms with Gasteiger partial charge in [-0.2, -0.15) is 4.98 Å². The lowest BCUT2D eigenvalue weighted by atomic mass is 10.4. The van der Waals surface area contributed by atoms with E-state index in [1.807, 2.05) is 6.92 Å². The van der Waals surface area contributed by atoms with Gasteiger partial charge in [0.05, 0.1) is 5.25 Å². The molecule has 1 atom stereocenters. The quantitative estimate of drug-likeness (QED) is 0.600. The van der Waals surface area contributed by atoms with Crippen LogP contribution in [0.2, 0.25) is 0 Å². The molecule has 7 nitrogen and oxygen atoms in total. The second kappa shape index (κ2) is 7.20. The van der Waals surface area contributed by atoms with Crippen molar-refractivity contribution < 1.29 is 9.53 Å². The van der Waals surface area contributed by atoms with Crippen molar-refractivity contribution in [3.05, 3.63) is 18.5 Å². The molecule has 0 aliphatic rings. The molecule has 20 heavy (non-hydrogen) atoms. The first-order valence-corrected chi connectivity index (χ1v) is 7.19. The molecule has 1 amide bonds. The fourth-order valence-electron chi connectivity index (χ4n) is 1.55. The molecule has 0 radical (unpaired) electrons. The molecule has 0 saturated heterocycles. The molecule has 1 N–H and O–H groups in total. The lowest BCUT2D eigenvalue weighted by Gasteiger charge is -2.09. The number of methoxy groups -OCH3 is 1. The number of fused-ring (bicyclic) bond motifs is 1. The van der Waals surface area contributed by atoms with E-state index < -0.39 is 0 Å². The standard InChI is InChI=1S/C12H17N5O2S/c1-9(10(18)13-6-4-8-19-2)20-12-15-11-14-5-3-7-17(11)16-12/h3,5,7,9H,4,6,8H2,1-2H3,(H,13,18). The minimum Gasteiger partial charge on any atom is -0.385 e. The van der Waals surface area contributed by atoms with Gasteiger partial charge in [-0.1, -0.05) is 11.8 Å². The van der Waals surface area contributed by atoms with Crippen LogP contribution in [-0.4, -0.2) is 51.0 Å². The second-order valence-electron chi connectivity index (χ2n) is 4.16. The van der Waals surface area contributed by atoms with Crippen LogP contribution < -0.4 is 5.32 Å². The summed E-state index contributed by atoms with van der Waals surface area (Å²) in [6, 6.07) is 1.78. The van der Waals surface area contributed by atoms with Crippen LogP contribution in [-0.2, 0) is 9.53 Å². The Kier molecular flexibility index (Phi) is 5.31. The van der Waals surface area contributed by atoms with Crippen molar-refractivity contribution in [1.82, 2.24) is 24.9 Å². The minimum atomic E-state index is -0.255. The van der Waals surface area contributed by atoms with Crippen LogP contribution in [0.15, 0.2) is 23.6 Å². The van der Waals surface area contributed by atoms with Crippen molar-refractivity contribution >= 4 is 23.4 Å². The van der Waals surface area contributed by atoms with Gasteiger partial charge in [0.1, 0.15) is 0 Å². The van der Waals surface area contributed by atoms with Crippen LogP contribution in [0.5, 0.6) is 0 Å². The maximum absolute atomic E-state index is 11.9. The number of rotatable bonds is 7. The molecule has 2 aromatic heterocycles. The molecule has 0 spiro atoms. The summed E-state index contributed by atoms with van der Waals surface area (Å²) < 4.78 is 6.52. The predicted molar refractivity (Wildman–Crippen MR) is 75.6 cm³/mol. The molecule has 0 saturated carbocycles. The van der Waals surface area contributed by atoms with Gasteiger partial charge in [0.2, 0.25) is 11.1 Å². The Morgan fingerprint density at radius 1 is 1.60 bits per heavy atom. The van der Waals surface area contributed by atoms with E-state index in [1.165, 1.54) is 11.8 Å².